The number of likely N-dealkylation sites (tertiary alicyclic amines) is 1. The third-order valence-electron chi connectivity index (χ3n) is 5.33. The maximum Gasteiger partial charge on any atom is 0.137 e. The Morgan fingerprint density at radius 2 is 2.08 bits per heavy atom. The smallest absolute Gasteiger partial charge is 0.137 e. The first kappa shape index (κ1) is 16.3. The minimum Gasteiger partial charge on any atom is -0.385 e. The quantitative estimate of drug-likeness (QED) is 0.792. The van der Waals surface area contributed by atoms with E-state index in [1.54, 1.807) is 6.20 Å². The second-order valence-electron chi connectivity index (χ2n) is 7.08. The van der Waals surface area contributed by atoms with Crippen molar-refractivity contribution < 1.29 is 5.11 Å². The van der Waals surface area contributed by atoms with Gasteiger partial charge in [0.05, 0.1) is 5.69 Å². The van der Waals surface area contributed by atoms with Crippen LogP contribution < -0.4 is 0 Å². The molecule has 6 heteroatoms. The van der Waals surface area contributed by atoms with E-state index in [-0.39, 0.29) is 5.92 Å². The van der Waals surface area contributed by atoms with Crippen molar-refractivity contribution in [2.75, 3.05) is 13.1 Å². The number of hydrogen-bond donors (Lipinski definition) is 1. The zero-order chi connectivity index (χ0) is 17.4. The molecule has 1 saturated heterocycles. The van der Waals surface area contributed by atoms with Crippen LogP contribution in [0.1, 0.15) is 36.2 Å². The van der Waals surface area contributed by atoms with Crippen molar-refractivity contribution in [1.29, 1.82) is 0 Å². The van der Waals surface area contributed by atoms with Crippen LogP contribution in [0, 0.1) is 12.8 Å². The number of fused-ring (bicyclic) bond motifs is 1. The van der Waals surface area contributed by atoms with Gasteiger partial charge in [-0.05, 0) is 50.9 Å². The lowest BCUT2D eigenvalue weighted by molar-refractivity contribution is 0.0489. The normalized spacial score (nSPS) is 18.0. The van der Waals surface area contributed by atoms with E-state index < -0.39 is 6.10 Å². The third-order valence-corrected chi connectivity index (χ3v) is 5.33. The highest BCUT2D eigenvalue weighted by molar-refractivity contribution is 5.41. The monoisotopic (exact) mass is 339 g/mol. The fraction of sp³-hybridized carbons (Fsp3) is 0.474. The summed E-state index contributed by atoms with van der Waals surface area (Å²) in [5.41, 5.74) is 3.32. The number of piperidine rings is 1. The Morgan fingerprint density at radius 3 is 2.76 bits per heavy atom. The fourth-order valence-electron chi connectivity index (χ4n) is 3.80. The molecule has 1 unspecified atom stereocenters. The molecular weight excluding hydrogens is 314 g/mol. The molecule has 0 bridgehead atoms. The molecule has 1 aliphatic rings. The minimum atomic E-state index is -0.472. The summed E-state index contributed by atoms with van der Waals surface area (Å²) < 4.78 is 4.06. The zero-order valence-corrected chi connectivity index (χ0v) is 14.8. The topological polar surface area (TPSA) is 58.6 Å². The van der Waals surface area contributed by atoms with Crippen LogP contribution in [-0.4, -0.2) is 42.0 Å². The second kappa shape index (κ2) is 6.61. The van der Waals surface area contributed by atoms with Crippen LogP contribution >= 0.6 is 0 Å². The van der Waals surface area contributed by atoms with Gasteiger partial charge in [-0.25, -0.2) is 9.97 Å². The molecule has 0 saturated carbocycles. The van der Waals surface area contributed by atoms with Crippen molar-refractivity contribution in [3.63, 3.8) is 0 Å². The van der Waals surface area contributed by atoms with Crippen molar-refractivity contribution in [2.24, 2.45) is 13.0 Å². The van der Waals surface area contributed by atoms with Gasteiger partial charge in [-0.1, -0.05) is 6.07 Å². The lowest BCUT2D eigenvalue weighted by Gasteiger charge is -2.33. The predicted octanol–water partition coefficient (Wildman–Crippen LogP) is 2.32. The number of aliphatic hydroxyl groups is 1. The lowest BCUT2D eigenvalue weighted by atomic mass is 9.90. The number of rotatable bonds is 4. The molecule has 1 aliphatic heterocycles. The van der Waals surface area contributed by atoms with Gasteiger partial charge in [-0.15, -0.1) is 0 Å². The van der Waals surface area contributed by atoms with E-state index in [2.05, 4.69) is 33.5 Å². The Labute approximate surface area is 147 Å². The number of nitrogens with zero attached hydrogens (tertiary/aromatic N) is 5. The highest BCUT2D eigenvalue weighted by Crippen LogP contribution is 2.30. The van der Waals surface area contributed by atoms with Crippen molar-refractivity contribution in [3.8, 4) is 0 Å². The van der Waals surface area contributed by atoms with E-state index in [0.717, 1.165) is 49.6 Å². The van der Waals surface area contributed by atoms with E-state index in [1.807, 2.05) is 29.9 Å². The third kappa shape index (κ3) is 3.19. The summed E-state index contributed by atoms with van der Waals surface area (Å²) in [5.74, 6) is 1.05. The molecule has 4 rings (SSSR count). The van der Waals surface area contributed by atoms with Crippen LogP contribution in [0.4, 0.5) is 0 Å². The average Bonchev–Trinajstić information content (AvgIpc) is 3.21. The maximum absolute atomic E-state index is 10.6. The van der Waals surface area contributed by atoms with Crippen molar-refractivity contribution in [2.45, 2.75) is 32.4 Å². The van der Waals surface area contributed by atoms with E-state index >= 15 is 0 Å². The molecule has 6 nitrogen and oxygen atoms in total. The predicted molar refractivity (Wildman–Crippen MR) is 96.1 cm³/mol. The van der Waals surface area contributed by atoms with Gasteiger partial charge in [0.1, 0.15) is 17.6 Å². The minimum absolute atomic E-state index is 0.278. The molecule has 3 aromatic rings. The van der Waals surface area contributed by atoms with Crippen molar-refractivity contribution in [1.82, 2.24) is 23.8 Å². The summed E-state index contributed by atoms with van der Waals surface area (Å²) in [5, 5.41) is 10.6. The first-order valence-corrected chi connectivity index (χ1v) is 8.93. The Balaban J connectivity index is 1.38. The summed E-state index contributed by atoms with van der Waals surface area (Å²) >= 11 is 0. The van der Waals surface area contributed by atoms with Crippen molar-refractivity contribution in [3.05, 3.63) is 54.0 Å². The van der Waals surface area contributed by atoms with Gasteiger partial charge >= 0.3 is 0 Å². The number of aliphatic hydroxyl groups excluding tert-OH is 1. The van der Waals surface area contributed by atoms with E-state index in [9.17, 15) is 5.11 Å². The first-order valence-electron chi connectivity index (χ1n) is 8.93. The van der Waals surface area contributed by atoms with Crippen LogP contribution in [-0.2, 0) is 13.6 Å². The van der Waals surface area contributed by atoms with Gasteiger partial charge < -0.3 is 14.1 Å². The number of aryl methyl sites for hydroxylation is 2. The number of aromatic nitrogens is 4. The lowest BCUT2D eigenvalue weighted by Crippen LogP contribution is -2.35. The molecule has 3 aromatic heterocycles. The Bertz CT molecular complexity index is 860. The van der Waals surface area contributed by atoms with Crippen molar-refractivity contribution >= 4 is 5.65 Å². The summed E-state index contributed by atoms with van der Waals surface area (Å²) in [6, 6.07) is 6.20. The molecule has 0 spiro atoms. The molecule has 132 valence electrons. The highest BCUT2D eigenvalue weighted by Gasteiger charge is 2.28. The molecule has 25 heavy (non-hydrogen) atoms. The number of hydrogen-bond acceptors (Lipinski definition) is 4. The first-order chi connectivity index (χ1) is 12.1. The molecule has 0 radical (unpaired) electrons. The Hall–Kier alpha value is -2.18. The molecule has 1 atom stereocenters. The molecule has 1 N–H and O–H groups in total. The molecule has 1 fully saturated rings. The SMILES string of the molecule is Cc1cccc2nc(CN3CCC(C(O)c4nccn4C)CC3)cn12. The van der Waals surface area contributed by atoms with Crippen LogP contribution in [0.3, 0.4) is 0 Å². The summed E-state index contributed by atoms with van der Waals surface area (Å²) in [4.78, 5) is 11.5. The van der Waals surface area contributed by atoms with Gasteiger partial charge in [0.2, 0.25) is 0 Å². The van der Waals surface area contributed by atoms with E-state index in [0.29, 0.717) is 0 Å². The average molecular weight is 339 g/mol. The van der Waals surface area contributed by atoms with Gasteiger partial charge in [-0.2, -0.15) is 0 Å². The second-order valence-corrected chi connectivity index (χ2v) is 7.08. The molecule has 0 amide bonds. The van der Waals surface area contributed by atoms with Crippen LogP contribution in [0.2, 0.25) is 0 Å². The zero-order valence-electron chi connectivity index (χ0n) is 14.8. The standard InChI is InChI=1S/C19H25N5O/c1-14-4-3-5-17-21-16(13-24(14)17)12-23-9-6-15(7-10-23)18(25)19-20-8-11-22(19)2/h3-5,8,11,13,15,18,25H,6-7,9-10,12H2,1-2H3. The Kier molecular flexibility index (Phi) is 4.31. The molecule has 4 heterocycles. The highest BCUT2D eigenvalue weighted by atomic mass is 16.3. The van der Waals surface area contributed by atoms with E-state index in [1.165, 1.54) is 5.69 Å². The van der Waals surface area contributed by atoms with Gasteiger partial charge in [0, 0.05) is 37.9 Å². The molecule has 0 aromatic carbocycles. The largest absolute Gasteiger partial charge is 0.385 e. The Morgan fingerprint density at radius 1 is 1.28 bits per heavy atom. The summed E-state index contributed by atoms with van der Waals surface area (Å²) in [6.07, 6.45) is 7.28. The van der Waals surface area contributed by atoms with Crippen LogP contribution in [0.15, 0.2) is 36.8 Å². The summed E-state index contributed by atoms with van der Waals surface area (Å²) in [7, 11) is 1.94. The molecule has 0 aliphatic carbocycles. The van der Waals surface area contributed by atoms with Gasteiger partial charge in [0.25, 0.3) is 0 Å². The number of pyridine rings is 1. The van der Waals surface area contributed by atoms with Crippen LogP contribution in [0.25, 0.3) is 5.65 Å². The van der Waals surface area contributed by atoms with E-state index in [4.69, 9.17) is 4.98 Å². The van der Waals surface area contributed by atoms with Crippen LogP contribution in [0.5, 0.6) is 0 Å². The number of imidazole rings is 2. The van der Waals surface area contributed by atoms with Gasteiger partial charge in [-0.3, -0.25) is 4.90 Å². The fourth-order valence-corrected chi connectivity index (χ4v) is 3.80. The summed E-state index contributed by atoms with van der Waals surface area (Å²) in [6.45, 7) is 4.94. The van der Waals surface area contributed by atoms with Gasteiger partial charge in [0.15, 0.2) is 0 Å². The maximum atomic E-state index is 10.6. The molecular formula is C19H25N5O.